The molecule has 1 heterocycles. The Labute approximate surface area is 226 Å². The van der Waals surface area contributed by atoms with Crippen LogP contribution in [0.5, 0.6) is 0 Å². The van der Waals surface area contributed by atoms with E-state index in [0.717, 1.165) is 31.8 Å². The summed E-state index contributed by atoms with van der Waals surface area (Å²) < 4.78 is 27.0. The molecule has 4 fully saturated rings. The third-order valence-corrected chi connectivity index (χ3v) is 9.67. The summed E-state index contributed by atoms with van der Waals surface area (Å²) in [6.45, 7) is 8.79. The summed E-state index contributed by atoms with van der Waals surface area (Å²) >= 11 is 6.17. The van der Waals surface area contributed by atoms with Gasteiger partial charge in [0.15, 0.2) is 0 Å². The summed E-state index contributed by atoms with van der Waals surface area (Å²) in [5.41, 5.74) is 1.01. The summed E-state index contributed by atoms with van der Waals surface area (Å²) in [5.74, 6) is 2.43. The summed E-state index contributed by atoms with van der Waals surface area (Å²) in [6, 6.07) is 0. The quantitative estimate of drug-likeness (QED) is 0.192. The molecule has 4 aliphatic rings. The van der Waals surface area contributed by atoms with Crippen LogP contribution in [0.15, 0.2) is 12.2 Å². The number of alkyl halides is 1. The van der Waals surface area contributed by atoms with Gasteiger partial charge in [-0.15, -0.1) is 11.6 Å². The fourth-order valence-electron chi connectivity index (χ4n) is 7.02. The number of halogens is 1. The summed E-state index contributed by atoms with van der Waals surface area (Å²) in [4.78, 5) is 0. The normalized spacial score (nSPS) is 33.6. The van der Waals surface area contributed by atoms with Crippen molar-refractivity contribution in [1.82, 2.24) is 0 Å². The van der Waals surface area contributed by atoms with Gasteiger partial charge in [0.2, 0.25) is 0 Å². The maximum absolute atomic E-state index is 6.85. The van der Waals surface area contributed by atoms with Crippen LogP contribution in [0.3, 0.4) is 0 Å². The highest BCUT2D eigenvalue weighted by Gasteiger charge is 2.47. The molecule has 1 saturated heterocycles. The van der Waals surface area contributed by atoms with Crippen molar-refractivity contribution in [2.24, 2.45) is 17.8 Å². The molecule has 0 aromatic heterocycles. The molecular weight excluding hydrogens is 472 g/mol. The van der Waals surface area contributed by atoms with E-state index in [1.54, 1.807) is 0 Å². The van der Waals surface area contributed by atoms with Crippen LogP contribution in [0.25, 0.3) is 0 Å². The number of hydrogen-bond donors (Lipinski definition) is 0. The Balaban J connectivity index is 1.48. The van der Waals surface area contributed by atoms with Crippen LogP contribution in [0.1, 0.15) is 110 Å². The third kappa shape index (κ3) is 8.70. The molecule has 0 aromatic rings. The Kier molecular flexibility index (Phi) is 12.4. The first kappa shape index (κ1) is 28.9. The molecule has 4 rings (SSSR count). The Morgan fingerprint density at radius 3 is 1.53 bits per heavy atom. The van der Waals surface area contributed by atoms with Crippen LogP contribution >= 0.6 is 11.6 Å². The molecule has 0 unspecified atom stereocenters. The predicted octanol–water partition coefficient (Wildman–Crippen LogP) is 7.86. The number of ether oxygens (including phenoxy) is 4. The zero-order valence-corrected chi connectivity index (χ0v) is 23.7. The fraction of sp³-hybridized carbons (Fsp3) is 0.935. The van der Waals surface area contributed by atoms with Crippen molar-refractivity contribution in [2.45, 2.75) is 140 Å². The van der Waals surface area contributed by atoms with Gasteiger partial charge in [-0.1, -0.05) is 69.9 Å². The molecule has 3 aliphatic carbocycles. The zero-order valence-electron chi connectivity index (χ0n) is 23.0. The van der Waals surface area contributed by atoms with Gasteiger partial charge in [0.25, 0.3) is 0 Å². The van der Waals surface area contributed by atoms with Crippen LogP contribution in [0.4, 0.5) is 0 Å². The molecule has 3 saturated carbocycles. The molecule has 36 heavy (non-hydrogen) atoms. The van der Waals surface area contributed by atoms with E-state index in [1.807, 2.05) is 0 Å². The van der Waals surface area contributed by atoms with Gasteiger partial charge in [-0.2, -0.15) is 0 Å². The smallest absolute Gasteiger partial charge is 0.115 e. The second-order valence-electron chi connectivity index (χ2n) is 12.4. The molecule has 0 radical (unpaired) electrons. The van der Waals surface area contributed by atoms with Gasteiger partial charge in [-0.25, -0.2) is 0 Å². The first-order chi connectivity index (χ1) is 17.6. The van der Waals surface area contributed by atoms with E-state index in [4.69, 9.17) is 30.5 Å². The lowest BCUT2D eigenvalue weighted by Crippen LogP contribution is -2.60. The van der Waals surface area contributed by atoms with Crippen molar-refractivity contribution in [3.63, 3.8) is 0 Å². The van der Waals surface area contributed by atoms with E-state index in [0.29, 0.717) is 23.6 Å². The number of hydrogen-bond acceptors (Lipinski definition) is 4. The second kappa shape index (κ2) is 15.5. The van der Waals surface area contributed by atoms with E-state index >= 15 is 0 Å². The molecule has 0 bridgehead atoms. The molecule has 4 nitrogen and oxygen atoms in total. The van der Waals surface area contributed by atoms with Crippen molar-refractivity contribution < 1.29 is 18.9 Å². The van der Waals surface area contributed by atoms with E-state index in [2.05, 4.69) is 13.5 Å². The minimum Gasteiger partial charge on any atom is -0.372 e. The van der Waals surface area contributed by atoms with E-state index in [9.17, 15) is 0 Å². The van der Waals surface area contributed by atoms with Crippen molar-refractivity contribution >= 4 is 11.6 Å². The Morgan fingerprint density at radius 1 is 0.667 bits per heavy atom. The Hall–Kier alpha value is -0.130. The Bertz CT molecular complexity index is 624. The van der Waals surface area contributed by atoms with Crippen LogP contribution in [-0.2, 0) is 18.9 Å². The molecule has 5 heteroatoms. The summed E-state index contributed by atoms with van der Waals surface area (Å²) in [7, 11) is 0. The van der Waals surface area contributed by atoms with E-state index < -0.39 is 0 Å². The van der Waals surface area contributed by atoms with Crippen molar-refractivity contribution in [3.05, 3.63) is 12.2 Å². The lowest BCUT2D eigenvalue weighted by molar-refractivity contribution is -0.260. The molecule has 1 aliphatic heterocycles. The minimum absolute atomic E-state index is 0.0346. The van der Waals surface area contributed by atoms with Gasteiger partial charge in [0.1, 0.15) is 18.3 Å². The number of rotatable bonds is 12. The van der Waals surface area contributed by atoms with Crippen LogP contribution in [0.2, 0.25) is 0 Å². The minimum atomic E-state index is -0.136. The van der Waals surface area contributed by atoms with Gasteiger partial charge in [0.05, 0.1) is 32.0 Å². The van der Waals surface area contributed by atoms with Gasteiger partial charge < -0.3 is 18.9 Å². The van der Waals surface area contributed by atoms with Gasteiger partial charge in [-0.05, 0) is 69.6 Å². The summed E-state index contributed by atoms with van der Waals surface area (Å²) in [6.07, 6.45) is 20.1. The van der Waals surface area contributed by atoms with Crippen molar-refractivity contribution in [2.75, 3.05) is 25.7 Å². The molecule has 0 spiro atoms. The van der Waals surface area contributed by atoms with Gasteiger partial charge in [0, 0.05) is 5.88 Å². The van der Waals surface area contributed by atoms with E-state index in [-0.39, 0.29) is 30.5 Å². The first-order valence-corrected chi connectivity index (χ1v) is 15.9. The predicted molar refractivity (Wildman–Crippen MR) is 148 cm³/mol. The molecule has 0 aromatic carbocycles. The zero-order chi connectivity index (χ0) is 25.2. The maximum Gasteiger partial charge on any atom is 0.115 e. The topological polar surface area (TPSA) is 36.9 Å². The average molecular weight is 525 g/mol. The molecule has 0 N–H and O–H groups in total. The van der Waals surface area contributed by atoms with Gasteiger partial charge in [-0.3, -0.25) is 0 Å². The van der Waals surface area contributed by atoms with Crippen molar-refractivity contribution in [1.29, 1.82) is 0 Å². The van der Waals surface area contributed by atoms with Gasteiger partial charge >= 0.3 is 0 Å². The highest BCUT2D eigenvalue weighted by atomic mass is 35.5. The summed E-state index contributed by atoms with van der Waals surface area (Å²) in [5, 5.41) is 0. The standard InChI is InChI=1S/C31H53ClO4/c1-23(19-32)18-28-30(34-21-26-14-8-4-9-15-26)31(35-22-27-16-10-5-11-17-27)29(24(2)36-28)33-20-25-12-6-3-7-13-25/h24-31H,1,3-22H2,2H3/t24-,28-,29+,30+,31+/m0/s1. The first-order valence-electron chi connectivity index (χ1n) is 15.4. The monoisotopic (exact) mass is 524 g/mol. The molecule has 0 amide bonds. The largest absolute Gasteiger partial charge is 0.372 e. The third-order valence-electron chi connectivity index (χ3n) is 9.29. The van der Waals surface area contributed by atoms with Crippen molar-refractivity contribution in [3.8, 4) is 0 Å². The molecular formula is C31H53ClO4. The van der Waals surface area contributed by atoms with Crippen LogP contribution < -0.4 is 0 Å². The highest BCUT2D eigenvalue weighted by Crippen LogP contribution is 2.35. The fourth-order valence-corrected chi connectivity index (χ4v) is 7.13. The lowest BCUT2D eigenvalue weighted by Gasteiger charge is -2.47. The Morgan fingerprint density at radius 2 is 1.08 bits per heavy atom. The maximum atomic E-state index is 6.85. The lowest BCUT2D eigenvalue weighted by atomic mass is 9.88. The molecule has 208 valence electrons. The average Bonchev–Trinajstić information content (AvgIpc) is 2.92. The van der Waals surface area contributed by atoms with Crippen LogP contribution in [0, 0.1) is 17.8 Å². The second-order valence-corrected chi connectivity index (χ2v) is 12.6. The SMILES string of the molecule is C=C(CCl)C[C@@H]1O[C@@H](C)[C@@H](OCC2CCCCC2)[C@@H](OCC2CCCCC2)[C@@H]1OCC1CCCCC1. The molecule has 5 atom stereocenters. The van der Waals surface area contributed by atoms with Crippen LogP contribution in [-0.4, -0.2) is 56.2 Å². The highest BCUT2D eigenvalue weighted by molar-refractivity contribution is 6.19. The van der Waals surface area contributed by atoms with E-state index in [1.165, 1.54) is 96.3 Å².